The van der Waals surface area contributed by atoms with E-state index in [1.54, 1.807) is 0 Å². The minimum absolute atomic E-state index is 0.0510. The summed E-state index contributed by atoms with van der Waals surface area (Å²) in [4.78, 5) is 24.0. The number of nitrogens with one attached hydrogen (secondary N) is 2. The molecule has 0 bridgehead atoms. The quantitative estimate of drug-likeness (QED) is 0.586. The Morgan fingerprint density at radius 2 is 1.60 bits per heavy atom. The average Bonchev–Trinajstić information content (AvgIpc) is 2.69. The molecule has 6 heteroatoms. The molecule has 0 saturated carbocycles. The van der Waals surface area contributed by atoms with E-state index in [-0.39, 0.29) is 23.8 Å². The first-order valence-corrected chi connectivity index (χ1v) is 10.5. The van der Waals surface area contributed by atoms with Crippen molar-refractivity contribution >= 4 is 23.4 Å². The van der Waals surface area contributed by atoms with Crippen molar-refractivity contribution in [3.63, 3.8) is 0 Å². The van der Waals surface area contributed by atoms with Gasteiger partial charge in [-0.05, 0) is 48.1 Å². The van der Waals surface area contributed by atoms with E-state index in [1.807, 2.05) is 43.3 Å². The minimum atomic E-state index is -0.217. The van der Waals surface area contributed by atoms with Crippen LogP contribution in [0.4, 0.5) is 0 Å². The number of benzene rings is 2. The summed E-state index contributed by atoms with van der Waals surface area (Å²) < 4.78 is 5.75. The summed E-state index contributed by atoms with van der Waals surface area (Å²) in [7, 11) is 0. The molecule has 5 nitrogen and oxygen atoms in total. The molecule has 162 valence electrons. The van der Waals surface area contributed by atoms with E-state index < -0.39 is 0 Å². The lowest BCUT2D eigenvalue weighted by Gasteiger charge is -2.23. The molecule has 30 heavy (non-hydrogen) atoms. The summed E-state index contributed by atoms with van der Waals surface area (Å²) in [5.74, 6) is 0.453. The molecule has 2 rings (SSSR count). The monoisotopic (exact) mass is 430 g/mol. The number of amides is 2. The van der Waals surface area contributed by atoms with Crippen LogP contribution in [-0.4, -0.2) is 31.5 Å². The number of carbonyl (C=O) groups excluding carboxylic acids is 2. The number of hydrogen-bond donors (Lipinski definition) is 2. The second-order valence-electron chi connectivity index (χ2n) is 8.36. The first-order chi connectivity index (χ1) is 14.1. The van der Waals surface area contributed by atoms with Gasteiger partial charge >= 0.3 is 0 Å². The summed E-state index contributed by atoms with van der Waals surface area (Å²) in [6.45, 7) is 9.06. The highest BCUT2D eigenvalue weighted by molar-refractivity contribution is 6.30. The maximum Gasteiger partial charge on any atom is 0.258 e. The topological polar surface area (TPSA) is 67.4 Å². The van der Waals surface area contributed by atoms with Crippen LogP contribution in [0, 0.1) is 6.92 Å². The highest BCUT2D eigenvalue weighted by Gasteiger charge is 2.19. The second kappa shape index (κ2) is 11.0. The van der Waals surface area contributed by atoms with Gasteiger partial charge < -0.3 is 15.4 Å². The van der Waals surface area contributed by atoms with Crippen molar-refractivity contribution in [1.82, 2.24) is 10.6 Å². The van der Waals surface area contributed by atoms with Crippen molar-refractivity contribution in [3.05, 3.63) is 64.2 Å². The molecule has 2 aromatic carbocycles. The van der Waals surface area contributed by atoms with Crippen molar-refractivity contribution in [3.8, 4) is 5.75 Å². The van der Waals surface area contributed by atoms with Crippen LogP contribution in [0.25, 0.3) is 0 Å². The van der Waals surface area contributed by atoms with Gasteiger partial charge in [0.05, 0.1) is 0 Å². The van der Waals surface area contributed by atoms with Crippen molar-refractivity contribution < 1.29 is 14.3 Å². The summed E-state index contributed by atoms with van der Waals surface area (Å²) in [6, 6.07) is 13.4. The SMILES string of the molecule is Cc1ccc(OCC(=O)NCCNC(=O)CCc2ccc(Cl)cc2)c(C(C)(C)C)c1. The number of rotatable bonds is 9. The first kappa shape index (κ1) is 23.7. The molecule has 0 fully saturated rings. The predicted molar refractivity (Wildman–Crippen MR) is 121 cm³/mol. The standard InChI is InChI=1S/C24H31ClN2O3/c1-17-5-11-21(20(15-17)24(2,3)4)30-16-23(29)27-14-13-26-22(28)12-8-18-6-9-19(25)10-7-18/h5-7,9-11,15H,8,12-14,16H2,1-4H3,(H,26,28)(H,27,29). The highest BCUT2D eigenvalue weighted by atomic mass is 35.5. The maximum absolute atomic E-state index is 12.1. The Balaban J connectivity index is 1.67. The zero-order valence-electron chi connectivity index (χ0n) is 18.2. The molecule has 0 heterocycles. The van der Waals surface area contributed by atoms with E-state index in [9.17, 15) is 9.59 Å². The van der Waals surface area contributed by atoms with Crippen molar-refractivity contribution in [2.24, 2.45) is 0 Å². The fourth-order valence-electron chi connectivity index (χ4n) is 2.95. The molecule has 0 aromatic heterocycles. The number of ether oxygens (including phenoxy) is 1. The Bertz CT molecular complexity index is 858. The Kier molecular flexibility index (Phi) is 8.72. The van der Waals surface area contributed by atoms with Crippen LogP contribution in [0.5, 0.6) is 5.75 Å². The van der Waals surface area contributed by atoms with Crippen LogP contribution >= 0.6 is 11.6 Å². The average molecular weight is 431 g/mol. The van der Waals surface area contributed by atoms with Gasteiger partial charge in [-0.2, -0.15) is 0 Å². The van der Waals surface area contributed by atoms with Gasteiger partial charge in [0, 0.05) is 24.5 Å². The molecule has 0 aliphatic heterocycles. The van der Waals surface area contributed by atoms with Crippen LogP contribution < -0.4 is 15.4 Å². The lowest BCUT2D eigenvalue weighted by Crippen LogP contribution is -2.37. The predicted octanol–water partition coefficient (Wildman–Crippen LogP) is 4.19. The molecule has 2 aromatic rings. The van der Waals surface area contributed by atoms with Crippen molar-refractivity contribution in [2.75, 3.05) is 19.7 Å². The zero-order valence-corrected chi connectivity index (χ0v) is 18.9. The molecule has 0 atom stereocenters. The Hall–Kier alpha value is -2.53. The van der Waals surface area contributed by atoms with Gasteiger partial charge in [-0.25, -0.2) is 0 Å². The fraction of sp³-hybridized carbons (Fsp3) is 0.417. The number of aryl methyl sites for hydroxylation is 2. The van der Waals surface area contributed by atoms with Crippen LogP contribution in [0.15, 0.2) is 42.5 Å². The van der Waals surface area contributed by atoms with Crippen LogP contribution in [0.1, 0.15) is 43.9 Å². The lowest BCUT2D eigenvalue weighted by atomic mass is 9.85. The van der Waals surface area contributed by atoms with Crippen molar-refractivity contribution in [2.45, 2.75) is 46.0 Å². The third-order valence-electron chi connectivity index (χ3n) is 4.63. The van der Waals surface area contributed by atoms with E-state index in [4.69, 9.17) is 16.3 Å². The molecule has 0 saturated heterocycles. The van der Waals surface area contributed by atoms with Gasteiger partial charge in [0.1, 0.15) is 5.75 Å². The Morgan fingerprint density at radius 1 is 0.967 bits per heavy atom. The largest absolute Gasteiger partial charge is 0.483 e. The summed E-state index contributed by atoms with van der Waals surface area (Å²) in [5, 5.41) is 6.25. The van der Waals surface area contributed by atoms with E-state index in [2.05, 4.69) is 37.5 Å². The van der Waals surface area contributed by atoms with Gasteiger partial charge in [-0.3, -0.25) is 9.59 Å². The molecule has 0 radical (unpaired) electrons. The normalized spacial score (nSPS) is 11.1. The van der Waals surface area contributed by atoms with E-state index in [0.717, 1.165) is 22.4 Å². The third kappa shape index (κ3) is 8.07. The first-order valence-electron chi connectivity index (χ1n) is 10.2. The lowest BCUT2D eigenvalue weighted by molar-refractivity contribution is -0.124. The summed E-state index contributed by atoms with van der Waals surface area (Å²) >= 11 is 5.85. The number of carbonyl (C=O) groups is 2. The van der Waals surface area contributed by atoms with Crippen LogP contribution in [-0.2, 0) is 21.4 Å². The van der Waals surface area contributed by atoms with E-state index >= 15 is 0 Å². The molecule has 2 amide bonds. The molecular formula is C24H31ClN2O3. The molecule has 2 N–H and O–H groups in total. The van der Waals surface area contributed by atoms with Gasteiger partial charge in [0.25, 0.3) is 5.91 Å². The summed E-state index contributed by atoms with van der Waals surface area (Å²) in [6.07, 6.45) is 1.04. The van der Waals surface area contributed by atoms with Crippen LogP contribution in [0.2, 0.25) is 5.02 Å². The Labute approximate surface area is 184 Å². The van der Waals surface area contributed by atoms with Gasteiger partial charge in [-0.1, -0.05) is 62.2 Å². The van der Waals surface area contributed by atoms with Crippen molar-refractivity contribution in [1.29, 1.82) is 0 Å². The third-order valence-corrected chi connectivity index (χ3v) is 4.88. The number of halogens is 1. The van der Waals surface area contributed by atoms with Gasteiger partial charge in [0.2, 0.25) is 5.91 Å². The van der Waals surface area contributed by atoms with Gasteiger partial charge in [-0.15, -0.1) is 0 Å². The second-order valence-corrected chi connectivity index (χ2v) is 8.80. The smallest absolute Gasteiger partial charge is 0.258 e. The van der Waals surface area contributed by atoms with E-state index in [0.29, 0.717) is 31.0 Å². The zero-order chi connectivity index (χ0) is 22.1. The molecule has 0 aliphatic carbocycles. The molecule has 0 aliphatic rings. The molecular weight excluding hydrogens is 400 g/mol. The van der Waals surface area contributed by atoms with E-state index in [1.165, 1.54) is 0 Å². The van der Waals surface area contributed by atoms with Crippen LogP contribution in [0.3, 0.4) is 0 Å². The Morgan fingerprint density at radius 3 is 2.23 bits per heavy atom. The summed E-state index contributed by atoms with van der Waals surface area (Å²) in [5.41, 5.74) is 3.21. The molecule has 0 spiro atoms. The van der Waals surface area contributed by atoms with Gasteiger partial charge in [0.15, 0.2) is 6.61 Å². The highest BCUT2D eigenvalue weighted by Crippen LogP contribution is 2.32. The number of hydrogen-bond acceptors (Lipinski definition) is 3. The minimum Gasteiger partial charge on any atom is -0.483 e. The fourth-order valence-corrected chi connectivity index (χ4v) is 3.08. The molecule has 0 unspecified atom stereocenters. The maximum atomic E-state index is 12.1.